The number of aromatic nitrogens is 4. The molecule has 0 saturated heterocycles. The van der Waals surface area contributed by atoms with Crippen molar-refractivity contribution in [2.75, 3.05) is 26.1 Å². The molecule has 0 saturated carbocycles. The summed E-state index contributed by atoms with van der Waals surface area (Å²) >= 11 is 0. The summed E-state index contributed by atoms with van der Waals surface area (Å²) in [5.41, 5.74) is 1.53. The second-order valence-corrected chi connectivity index (χ2v) is 10.8. The van der Waals surface area contributed by atoms with E-state index in [0.717, 1.165) is 11.8 Å². The number of nitrogens with one attached hydrogen (secondary N) is 1. The van der Waals surface area contributed by atoms with E-state index in [1.165, 1.54) is 39.7 Å². The standard InChI is InChI=1S/C26H32FN7O5S/c1-15-12-19(30-22(13-15)39-8)25-31-32-26(34(25)23-20(37-6)10-9-11-21(23)38-7)33-40(35,36)18(4)17(3)24(28-5)29-14-16(2)27/h9-14,17-18H,5H2,1-4,6-8H3,(H,32,33)/b16-14+,29-24?/t17-,18-/m0/s1. The molecule has 14 heteroatoms. The second kappa shape index (κ2) is 12.7. The molecule has 1 N–H and O–H groups in total. The lowest BCUT2D eigenvalue weighted by molar-refractivity contribution is 0.391. The van der Waals surface area contributed by atoms with Gasteiger partial charge in [0.2, 0.25) is 21.9 Å². The number of nitrogens with zero attached hydrogens (tertiary/aromatic N) is 6. The van der Waals surface area contributed by atoms with Crippen molar-refractivity contribution in [2.24, 2.45) is 15.9 Å². The fourth-order valence-electron chi connectivity index (χ4n) is 3.79. The molecule has 40 heavy (non-hydrogen) atoms. The number of benzene rings is 1. The normalized spacial score (nSPS) is 13.9. The minimum atomic E-state index is -4.15. The number of anilines is 1. The van der Waals surface area contributed by atoms with E-state index in [2.05, 4.69) is 36.6 Å². The van der Waals surface area contributed by atoms with Crippen LogP contribution in [0.5, 0.6) is 17.4 Å². The van der Waals surface area contributed by atoms with Crippen molar-refractivity contribution in [3.05, 3.63) is 47.9 Å². The molecule has 0 aliphatic rings. The molecule has 3 aromatic rings. The zero-order valence-electron chi connectivity index (χ0n) is 23.3. The summed E-state index contributed by atoms with van der Waals surface area (Å²) in [5.74, 6) is -0.159. The molecule has 0 fully saturated rings. The topological polar surface area (TPSA) is 142 Å². The van der Waals surface area contributed by atoms with Crippen LogP contribution < -0.4 is 18.9 Å². The molecule has 0 aliphatic heterocycles. The summed E-state index contributed by atoms with van der Waals surface area (Å²) in [6.07, 6.45) is 0.952. The Balaban J connectivity index is 2.21. The summed E-state index contributed by atoms with van der Waals surface area (Å²) in [6, 6.07) is 8.60. The number of methoxy groups -OCH3 is 3. The van der Waals surface area contributed by atoms with Gasteiger partial charge in [-0.2, -0.15) is 0 Å². The predicted molar refractivity (Wildman–Crippen MR) is 152 cm³/mol. The van der Waals surface area contributed by atoms with Gasteiger partial charge in [-0.05, 0) is 51.3 Å². The molecular formula is C26H32FN7O5S. The summed E-state index contributed by atoms with van der Waals surface area (Å²) in [5, 5.41) is 7.35. The third-order valence-corrected chi connectivity index (χ3v) is 7.90. The highest BCUT2D eigenvalue weighted by Gasteiger charge is 2.33. The van der Waals surface area contributed by atoms with E-state index < -0.39 is 27.0 Å². The lowest BCUT2D eigenvalue weighted by Crippen LogP contribution is -2.35. The predicted octanol–water partition coefficient (Wildman–Crippen LogP) is 4.36. The zero-order chi connectivity index (χ0) is 29.6. The Bertz CT molecular complexity index is 1530. The van der Waals surface area contributed by atoms with Crippen LogP contribution in [0.25, 0.3) is 17.2 Å². The molecule has 0 radical (unpaired) electrons. The Kier molecular flexibility index (Phi) is 9.58. The molecule has 1 aromatic carbocycles. The number of ether oxygens (including phenoxy) is 3. The molecule has 3 rings (SSSR count). The quantitative estimate of drug-likeness (QED) is 0.263. The highest BCUT2D eigenvalue weighted by atomic mass is 32.2. The number of pyridine rings is 1. The fraction of sp³-hybridized carbons (Fsp3) is 0.346. The van der Waals surface area contributed by atoms with Gasteiger partial charge in [-0.15, -0.1) is 10.2 Å². The van der Waals surface area contributed by atoms with Crippen molar-refractivity contribution in [3.8, 4) is 34.6 Å². The number of para-hydroxylation sites is 1. The first-order valence-corrected chi connectivity index (χ1v) is 13.6. The van der Waals surface area contributed by atoms with Crippen LogP contribution in [0.4, 0.5) is 10.3 Å². The number of hydrogen-bond acceptors (Lipinski definition) is 9. The van der Waals surface area contributed by atoms with Gasteiger partial charge < -0.3 is 14.2 Å². The van der Waals surface area contributed by atoms with Crippen LogP contribution in [0.2, 0.25) is 0 Å². The first-order chi connectivity index (χ1) is 19.0. The maximum Gasteiger partial charge on any atom is 0.243 e. The molecule has 2 atom stereocenters. The smallest absolute Gasteiger partial charge is 0.243 e. The molecule has 0 spiro atoms. The molecule has 2 aromatic heterocycles. The summed E-state index contributed by atoms with van der Waals surface area (Å²) in [7, 11) is 0.285. The Morgan fingerprint density at radius 1 is 1.12 bits per heavy atom. The number of sulfonamides is 1. The van der Waals surface area contributed by atoms with Crippen LogP contribution >= 0.6 is 0 Å². The van der Waals surface area contributed by atoms with Gasteiger partial charge in [-0.25, -0.2) is 27.8 Å². The first-order valence-electron chi connectivity index (χ1n) is 12.1. The van der Waals surface area contributed by atoms with E-state index in [1.807, 2.05) is 6.92 Å². The number of aryl methyl sites for hydroxylation is 1. The van der Waals surface area contributed by atoms with Gasteiger partial charge in [-0.1, -0.05) is 13.0 Å². The molecule has 0 unspecified atom stereocenters. The third kappa shape index (κ3) is 6.45. The van der Waals surface area contributed by atoms with Gasteiger partial charge >= 0.3 is 0 Å². The molecule has 0 amide bonds. The number of halogens is 1. The van der Waals surface area contributed by atoms with Crippen LogP contribution in [0.1, 0.15) is 26.3 Å². The highest BCUT2D eigenvalue weighted by molar-refractivity contribution is 7.93. The molecule has 0 aliphatic carbocycles. The summed E-state index contributed by atoms with van der Waals surface area (Å²) in [4.78, 5) is 12.2. The van der Waals surface area contributed by atoms with Gasteiger partial charge in [0.25, 0.3) is 0 Å². The van der Waals surface area contributed by atoms with Crippen molar-refractivity contribution in [2.45, 2.75) is 32.9 Å². The van der Waals surface area contributed by atoms with Crippen LogP contribution in [0, 0.1) is 12.8 Å². The van der Waals surface area contributed by atoms with E-state index in [9.17, 15) is 12.8 Å². The maximum absolute atomic E-state index is 13.6. The lowest BCUT2D eigenvalue weighted by atomic mass is 10.1. The average molecular weight is 574 g/mol. The Hall–Kier alpha value is -4.33. The number of allylic oxidation sites excluding steroid dienone is 1. The van der Waals surface area contributed by atoms with Crippen molar-refractivity contribution in [1.82, 2.24) is 19.7 Å². The summed E-state index contributed by atoms with van der Waals surface area (Å²) in [6.45, 7) is 9.58. The summed E-state index contributed by atoms with van der Waals surface area (Å²) < 4.78 is 60.9. The molecule has 2 heterocycles. The monoisotopic (exact) mass is 573 g/mol. The molecule has 0 bridgehead atoms. The van der Waals surface area contributed by atoms with Crippen LogP contribution in [-0.4, -0.2) is 67.3 Å². The maximum atomic E-state index is 13.6. The molecule has 12 nitrogen and oxygen atoms in total. The van der Waals surface area contributed by atoms with E-state index in [-0.39, 0.29) is 17.6 Å². The van der Waals surface area contributed by atoms with E-state index in [1.54, 1.807) is 37.3 Å². The number of hydrogen-bond donors (Lipinski definition) is 1. The number of aliphatic imine (C=N–C) groups is 2. The number of amidine groups is 1. The average Bonchev–Trinajstić information content (AvgIpc) is 3.33. The molecule has 214 valence electrons. The van der Waals surface area contributed by atoms with E-state index in [4.69, 9.17) is 14.2 Å². The van der Waals surface area contributed by atoms with E-state index in [0.29, 0.717) is 28.8 Å². The lowest BCUT2D eigenvalue weighted by Gasteiger charge is -2.21. The van der Waals surface area contributed by atoms with Gasteiger partial charge in [0.05, 0.1) is 32.8 Å². The van der Waals surface area contributed by atoms with Crippen molar-refractivity contribution >= 4 is 28.5 Å². The second-order valence-electron chi connectivity index (χ2n) is 8.77. The highest BCUT2D eigenvalue weighted by Crippen LogP contribution is 2.38. The Morgan fingerprint density at radius 2 is 1.77 bits per heavy atom. The minimum absolute atomic E-state index is 0.0551. The first kappa shape index (κ1) is 30.2. The number of rotatable bonds is 11. The van der Waals surface area contributed by atoms with Gasteiger partial charge in [-0.3, -0.25) is 9.29 Å². The Morgan fingerprint density at radius 3 is 2.33 bits per heavy atom. The van der Waals surface area contributed by atoms with Crippen molar-refractivity contribution in [3.63, 3.8) is 0 Å². The van der Waals surface area contributed by atoms with Crippen LogP contribution in [0.15, 0.2) is 52.3 Å². The fourth-order valence-corrected chi connectivity index (χ4v) is 5.02. The Labute approximate surface area is 232 Å². The zero-order valence-corrected chi connectivity index (χ0v) is 24.2. The van der Waals surface area contributed by atoms with Crippen molar-refractivity contribution in [1.29, 1.82) is 0 Å². The molecular weight excluding hydrogens is 541 g/mol. The van der Waals surface area contributed by atoms with Crippen molar-refractivity contribution < 1.29 is 27.0 Å². The van der Waals surface area contributed by atoms with Crippen LogP contribution in [-0.2, 0) is 10.0 Å². The SMILES string of the molecule is C=NC(=N/C=C(\C)F)[C@@H](C)[C@H](C)S(=O)(=O)Nc1nnc(-c2cc(C)cc(OC)n2)n1-c1c(OC)cccc1OC. The largest absolute Gasteiger partial charge is 0.494 e. The van der Waals surface area contributed by atoms with Crippen LogP contribution in [0.3, 0.4) is 0 Å². The third-order valence-electron chi connectivity index (χ3n) is 6.04. The van der Waals surface area contributed by atoms with Gasteiger partial charge in [0.15, 0.2) is 5.82 Å². The van der Waals surface area contributed by atoms with E-state index >= 15 is 0 Å². The minimum Gasteiger partial charge on any atom is -0.494 e. The van der Waals surface area contributed by atoms with Gasteiger partial charge in [0, 0.05) is 12.0 Å². The van der Waals surface area contributed by atoms with Gasteiger partial charge in [0.1, 0.15) is 34.5 Å².